The zero-order chi connectivity index (χ0) is 9.53. The Labute approximate surface area is 77.7 Å². The highest BCUT2D eigenvalue weighted by Crippen LogP contribution is 2.47. The van der Waals surface area contributed by atoms with Gasteiger partial charge < -0.3 is 5.73 Å². The standard InChI is InChI=1S/C10H17F2N/c11-10(12)6-8(7-10)5-9(13)3-1-2-4-9/h8H,1-7,13H2. The second kappa shape index (κ2) is 2.91. The second-order valence-corrected chi connectivity index (χ2v) is 4.90. The second-order valence-electron chi connectivity index (χ2n) is 4.90. The molecule has 76 valence electrons. The molecule has 0 saturated heterocycles. The molecule has 2 aliphatic carbocycles. The highest BCUT2D eigenvalue weighted by Gasteiger charge is 2.47. The zero-order valence-corrected chi connectivity index (χ0v) is 7.86. The van der Waals surface area contributed by atoms with E-state index in [0.717, 1.165) is 19.3 Å². The molecule has 2 saturated carbocycles. The SMILES string of the molecule is NC1(CC2CC(F)(F)C2)CCCC1. The van der Waals surface area contributed by atoms with E-state index in [9.17, 15) is 8.78 Å². The van der Waals surface area contributed by atoms with Crippen LogP contribution in [0.4, 0.5) is 8.78 Å². The molecule has 2 fully saturated rings. The average Bonchev–Trinajstić information content (AvgIpc) is 2.32. The third-order valence-corrected chi connectivity index (χ3v) is 3.47. The van der Waals surface area contributed by atoms with Gasteiger partial charge in [-0.2, -0.15) is 0 Å². The summed E-state index contributed by atoms with van der Waals surface area (Å²) in [5, 5.41) is 0. The highest BCUT2D eigenvalue weighted by molar-refractivity contribution is 4.96. The molecule has 0 unspecified atom stereocenters. The third kappa shape index (κ3) is 2.01. The van der Waals surface area contributed by atoms with Gasteiger partial charge in [0.2, 0.25) is 5.92 Å². The first-order valence-electron chi connectivity index (χ1n) is 5.16. The summed E-state index contributed by atoms with van der Waals surface area (Å²) in [5.41, 5.74) is 6.02. The van der Waals surface area contributed by atoms with E-state index in [-0.39, 0.29) is 24.3 Å². The monoisotopic (exact) mass is 189 g/mol. The smallest absolute Gasteiger partial charge is 0.248 e. The van der Waals surface area contributed by atoms with Gasteiger partial charge in [0.25, 0.3) is 0 Å². The Hall–Kier alpha value is -0.180. The Morgan fingerprint density at radius 1 is 1.15 bits per heavy atom. The molecule has 1 nitrogen and oxygen atoms in total. The van der Waals surface area contributed by atoms with Gasteiger partial charge in [-0.25, -0.2) is 8.78 Å². The van der Waals surface area contributed by atoms with Gasteiger partial charge in [-0.3, -0.25) is 0 Å². The Morgan fingerprint density at radius 2 is 1.69 bits per heavy atom. The molecule has 0 atom stereocenters. The molecule has 0 aromatic rings. The molecule has 0 heterocycles. The minimum Gasteiger partial charge on any atom is -0.325 e. The van der Waals surface area contributed by atoms with Gasteiger partial charge in [0.05, 0.1) is 0 Å². The van der Waals surface area contributed by atoms with Crippen molar-refractivity contribution in [1.82, 2.24) is 0 Å². The third-order valence-electron chi connectivity index (χ3n) is 3.47. The van der Waals surface area contributed by atoms with Crippen molar-refractivity contribution in [2.45, 2.75) is 56.4 Å². The van der Waals surface area contributed by atoms with Crippen molar-refractivity contribution in [3.05, 3.63) is 0 Å². The molecule has 0 aromatic heterocycles. The van der Waals surface area contributed by atoms with E-state index in [1.165, 1.54) is 12.8 Å². The maximum Gasteiger partial charge on any atom is 0.248 e. The van der Waals surface area contributed by atoms with Crippen molar-refractivity contribution in [1.29, 1.82) is 0 Å². The van der Waals surface area contributed by atoms with E-state index in [1.54, 1.807) is 0 Å². The molecule has 3 heteroatoms. The van der Waals surface area contributed by atoms with Crippen molar-refractivity contribution in [2.75, 3.05) is 0 Å². The lowest BCUT2D eigenvalue weighted by Gasteiger charge is -2.39. The van der Waals surface area contributed by atoms with E-state index in [2.05, 4.69) is 0 Å². The molecule has 0 spiro atoms. The molecule has 2 aliphatic rings. The lowest BCUT2D eigenvalue weighted by atomic mass is 9.73. The Balaban J connectivity index is 1.79. The first kappa shape index (κ1) is 9.38. The first-order chi connectivity index (χ1) is 5.99. The Bertz CT molecular complexity index is 189. The summed E-state index contributed by atoms with van der Waals surface area (Å²) in [6.45, 7) is 0. The van der Waals surface area contributed by atoms with Gasteiger partial charge >= 0.3 is 0 Å². The number of hydrogen-bond acceptors (Lipinski definition) is 1. The molecule has 2 N–H and O–H groups in total. The van der Waals surface area contributed by atoms with Crippen molar-refractivity contribution in [2.24, 2.45) is 11.7 Å². The fourth-order valence-corrected chi connectivity index (χ4v) is 2.79. The largest absolute Gasteiger partial charge is 0.325 e. The average molecular weight is 189 g/mol. The normalized spacial score (nSPS) is 31.6. The fourth-order valence-electron chi connectivity index (χ4n) is 2.79. The van der Waals surface area contributed by atoms with Crippen molar-refractivity contribution >= 4 is 0 Å². The topological polar surface area (TPSA) is 26.0 Å². The van der Waals surface area contributed by atoms with Gasteiger partial charge in [-0.15, -0.1) is 0 Å². The molecule has 0 bridgehead atoms. The summed E-state index contributed by atoms with van der Waals surface area (Å²) in [6, 6.07) is 0. The van der Waals surface area contributed by atoms with Gasteiger partial charge in [-0.1, -0.05) is 12.8 Å². The van der Waals surface area contributed by atoms with Crippen LogP contribution in [0.5, 0.6) is 0 Å². The van der Waals surface area contributed by atoms with Crippen LogP contribution in [0.3, 0.4) is 0 Å². The van der Waals surface area contributed by atoms with Gasteiger partial charge in [0.1, 0.15) is 0 Å². The lowest BCUT2D eigenvalue weighted by Crippen LogP contribution is -2.44. The van der Waals surface area contributed by atoms with Crippen LogP contribution in [0.1, 0.15) is 44.9 Å². The predicted molar refractivity (Wildman–Crippen MR) is 47.7 cm³/mol. The van der Waals surface area contributed by atoms with Crippen molar-refractivity contribution < 1.29 is 8.78 Å². The van der Waals surface area contributed by atoms with E-state index in [0.29, 0.717) is 0 Å². The summed E-state index contributed by atoms with van der Waals surface area (Å²) >= 11 is 0. The first-order valence-corrected chi connectivity index (χ1v) is 5.16. The minimum atomic E-state index is -2.38. The van der Waals surface area contributed by atoms with Crippen molar-refractivity contribution in [3.63, 3.8) is 0 Å². The van der Waals surface area contributed by atoms with Crippen LogP contribution in [-0.4, -0.2) is 11.5 Å². The molecular formula is C10H17F2N. The molecule has 0 amide bonds. The maximum absolute atomic E-state index is 12.5. The number of hydrogen-bond donors (Lipinski definition) is 1. The van der Waals surface area contributed by atoms with Crippen LogP contribution in [0.25, 0.3) is 0 Å². The number of nitrogens with two attached hydrogens (primary N) is 1. The van der Waals surface area contributed by atoms with E-state index in [4.69, 9.17) is 5.73 Å². The van der Waals surface area contributed by atoms with Crippen LogP contribution in [0.15, 0.2) is 0 Å². The minimum absolute atomic E-state index is 0.0753. The predicted octanol–water partition coefficient (Wildman–Crippen LogP) is 2.69. The summed E-state index contributed by atoms with van der Waals surface area (Å²) in [4.78, 5) is 0. The van der Waals surface area contributed by atoms with Crippen LogP contribution in [0, 0.1) is 5.92 Å². The van der Waals surface area contributed by atoms with Crippen LogP contribution in [-0.2, 0) is 0 Å². The van der Waals surface area contributed by atoms with Gasteiger partial charge in [0, 0.05) is 18.4 Å². The molecule has 0 aromatic carbocycles. The van der Waals surface area contributed by atoms with E-state index in [1.807, 2.05) is 0 Å². The molecule has 2 rings (SSSR count). The van der Waals surface area contributed by atoms with Gasteiger partial charge in [0.15, 0.2) is 0 Å². The van der Waals surface area contributed by atoms with E-state index < -0.39 is 5.92 Å². The van der Waals surface area contributed by atoms with Crippen LogP contribution < -0.4 is 5.73 Å². The molecular weight excluding hydrogens is 172 g/mol. The summed E-state index contributed by atoms with van der Waals surface area (Å²) in [6.07, 6.45) is 5.41. The molecule has 0 radical (unpaired) electrons. The van der Waals surface area contributed by atoms with Crippen molar-refractivity contribution in [3.8, 4) is 0 Å². The van der Waals surface area contributed by atoms with Gasteiger partial charge in [-0.05, 0) is 25.2 Å². The summed E-state index contributed by atoms with van der Waals surface area (Å²) in [5.74, 6) is -2.18. The highest BCUT2D eigenvalue weighted by atomic mass is 19.3. The summed E-state index contributed by atoms with van der Waals surface area (Å²) in [7, 11) is 0. The quantitative estimate of drug-likeness (QED) is 0.710. The number of alkyl halides is 2. The van der Waals surface area contributed by atoms with Crippen LogP contribution in [0.2, 0.25) is 0 Å². The number of rotatable bonds is 2. The Kier molecular flexibility index (Phi) is 2.10. The fraction of sp³-hybridized carbons (Fsp3) is 1.00. The summed E-state index contributed by atoms with van der Waals surface area (Å²) < 4.78 is 25.1. The van der Waals surface area contributed by atoms with Crippen LogP contribution >= 0.6 is 0 Å². The number of halogens is 2. The molecule has 0 aliphatic heterocycles. The Morgan fingerprint density at radius 3 is 2.15 bits per heavy atom. The van der Waals surface area contributed by atoms with E-state index >= 15 is 0 Å². The molecule has 13 heavy (non-hydrogen) atoms. The lowest BCUT2D eigenvalue weighted by molar-refractivity contribution is -0.116. The zero-order valence-electron chi connectivity index (χ0n) is 7.86. The maximum atomic E-state index is 12.5.